The molecule has 0 aliphatic carbocycles. The highest BCUT2D eigenvalue weighted by Crippen LogP contribution is 2.11. The van der Waals surface area contributed by atoms with Gasteiger partial charge in [0.25, 0.3) is 5.91 Å². The van der Waals surface area contributed by atoms with E-state index in [4.69, 9.17) is 11.6 Å². The van der Waals surface area contributed by atoms with Crippen molar-refractivity contribution in [3.8, 4) is 0 Å². The number of benzene rings is 2. The molecular weight excluding hydrogens is 368 g/mol. The van der Waals surface area contributed by atoms with Gasteiger partial charge in [-0.3, -0.25) is 9.59 Å². The summed E-state index contributed by atoms with van der Waals surface area (Å²) in [5, 5.41) is 5.92. The van der Waals surface area contributed by atoms with Crippen molar-refractivity contribution < 1.29 is 9.59 Å². The fourth-order valence-electron chi connectivity index (χ4n) is 1.80. The molecule has 0 fully saturated rings. The van der Waals surface area contributed by atoms with Crippen molar-refractivity contribution in [2.24, 2.45) is 0 Å². The standard InChI is InChI=1S/C16H14BrClN2O2/c17-13-5-2-4-12(8-13)16(22)20-10-15(21)19-9-11-3-1-6-14(18)7-11/h1-8H,9-10H2,(H,19,21)(H,20,22). The van der Waals surface area contributed by atoms with Gasteiger partial charge >= 0.3 is 0 Å². The quantitative estimate of drug-likeness (QED) is 0.836. The molecule has 0 saturated carbocycles. The van der Waals surface area contributed by atoms with E-state index in [1.807, 2.05) is 18.2 Å². The topological polar surface area (TPSA) is 58.2 Å². The Balaban J connectivity index is 1.79. The highest BCUT2D eigenvalue weighted by atomic mass is 79.9. The van der Waals surface area contributed by atoms with E-state index in [9.17, 15) is 9.59 Å². The zero-order chi connectivity index (χ0) is 15.9. The Hall–Kier alpha value is -1.85. The lowest BCUT2D eigenvalue weighted by molar-refractivity contribution is -0.120. The molecule has 0 bridgehead atoms. The summed E-state index contributed by atoms with van der Waals surface area (Å²) in [5.74, 6) is -0.553. The molecule has 2 aromatic carbocycles. The molecule has 2 amide bonds. The average Bonchev–Trinajstić information content (AvgIpc) is 2.50. The molecule has 0 saturated heterocycles. The van der Waals surface area contributed by atoms with E-state index in [2.05, 4.69) is 26.6 Å². The number of rotatable bonds is 5. The number of hydrogen-bond donors (Lipinski definition) is 2. The maximum Gasteiger partial charge on any atom is 0.251 e. The Morgan fingerprint density at radius 3 is 2.55 bits per heavy atom. The zero-order valence-electron chi connectivity index (χ0n) is 11.6. The van der Waals surface area contributed by atoms with Crippen LogP contribution in [0.4, 0.5) is 0 Å². The minimum absolute atomic E-state index is 0.0775. The van der Waals surface area contributed by atoms with Gasteiger partial charge in [0, 0.05) is 21.6 Å². The first-order valence-corrected chi connectivity index (χ1v) is 7.76. The third-order valence-corrected chi connectivity index (χ3v) is 3.60. The van der Waals surface area contributed by atoms with E-state index in [1.165, 1.54) is 0 Å². The van der Waals surface area contributed by atoms with E-state index in [1.54, 1.807) is 30.3 Å². The predicted molar refractivity (Wildman–Crippen MR) is 89.8 cm³/mol. The number of carbonyl (C=O) groups is 2. The van der Waals surface area contributed by atoms with Gasteiger partial charge in [-0.05, 0) is 35.9 Å². The zero-order valence-corrected chi connectivity index (χ0v) is 13.9. The van der Waals surface area contributed by atoms with Crippen LogP contribution in [0.25, 0.3) is 0 Å². The van der Waals surface area contributed by atoms with Crippen LogP contribution < -0.4 is 10.6 Å². The molecule has 0 aromatic heterocycles. The van der Waals surface area contributed by atoms with Crippen LogP contribution in [0.3, 0.4) is 0 Å². The molecule has 0 heterocycles. The molecule has 0 unspecified atom stereocenters. The maximum absolute atomic E-state index is 11.9. The number of amides is 2. The van der Waals surface area contributed by atoms with Crippen molar-refractivity contribution in [3.63, 3.8) is 0 Å². The summed E-state index contributed by atoms with van der Waals surface area (Å²) >= 11 is 9.17. The lowest BCUT2D eigenvalue weighted by Crippen LogP contribution is -2.36. The third kappa shape index (κ3) is 5.16. The van der Waals surface area contributed by atoms with Gasteiger partial charge in [-0.2, -0.15) is 0 Å². The number of nitrogens with one attached hydrogen (secondary N) is 2. The SMILES string of the molecule is O=C(CNC(=O)c1cccc(Br)c1)NCc1cccc(Cl)c1. The molecule has 2 N–H and O–H groups in total. The second kappa shape index (κ2) is 7.96. The average molecular weight is 382 g/mol. The first-order chi connectivity index (χ1) is 10.5. The van der Waals surface area contributed by atoms with Gasteiger partial charge < -0.3 is 10.6 Å². The van der Waals surface area contributed by atoms with Gasteiger partial charge in [0.1, 0.15) is 0 Å². The van der Waals surface area contributed by atoms with Crippen LogP contribution in [-0.4, -0.2) is 18.4 Å². The summed E-state index contributed by atoms with van der Waals surface area (Å²) in [6.45, 7) is 0.290. The number of hydrogen-bond acceptors (Lipinski definition) is 2. The molecule has 0 aliphatic heterocycles. The predicted octanol–water partition coefficient (Wildman–Crippen LogP) is 3.15. The Kier molecular flexibility index (Phi) is 5.98. The molecule has 6 heteroatoms. The summed E-state index contributed by atoms with van der Waals surface area (Å²) in [7, 11) is 0. The van der Waals surface area contributed by atoms with Crippen molar-refractivity contribution in [2.45, 2.75) is 6.54 Å². The van der Waals surface area contributed by atoms with Crippen molar-refractivity contribution in [1.29, 1.82) is 0 Å². The molecule has 2 rings (SSSR count). The third-order valence-electron chi connectivity index (χ3n) is 2.88. The molecule has 0 spiro atoms. The Morgan fingerprint density at radius 1 is 1.05 bits per heavy atom. The lowest BCUT2D eigenvalue weighted by atomic mass is 10.2. The molecule has 0 atom stereocenters. The molecule has 0 radical (unpaired) electrons. The van der Waals surface area contributed by atoms with Gasteiger partial charge in [0.05, 0.1) is 6.54 Å². The molecule has 22 heavy (non-hydrogen) atoms. The van der Waals surface area contributed by atoms with E-state index >= 15 is 0 Å². The smallest absolute Gasteiger partial charge is 0.251 e. The lowest BCUT2D eigenvalue weighted by Gasteiger charge is -2.07. The van der Waals surface area contributed by atoms with Crippen LogP contribution in [0.15, 0.2) is 53.0 Å². The van der Waals surface area contributed by atoms with Gasteiger partial charge in [-0.25, -0.2) is 0 Å². The van der Waals surface area contributed by atoms with Crippen LogP contribution >= 0.6 is 27.5 Å². The second-order valence-corrected chi connectivity index (χ2v) is 5.95. The van der Waals surface area contributed by atoms with Crippen molar-refractivity contribution in [1.82, 2.24) is 10.6 Å². The van der Waals surface area contributed by atoms with Crippen LogP contribution in [0, 0.1) is 0 Å². The summed E-state index contributed by atoms with van der Waals surface area (Å²) in [5.41, 5.74) is 1.40. The summed E-state index contributed by atoms with van der Waals surface area (Å²) in [6, 6.07) is 14.2. The Bertz CT molecular complexity index is 691. The van der Waals surface area contributed by atoms with Crippen LogP contribution in [0.2, 0.25) is 5.02 Å². The molecule has 114 valence electrons. The minimum Gasteiger partial charge on any atom is -0.350 e. The van der Waals surface area contributed by atoms with E-state index in [0.717, 1.165) is 10.0 Å². The van der Waals surface area contributed by atoms with Gasteiger partial charge in [-0.1, -0.05) is 45.7 Å². The normalized spacial score (nSPS) is 10.1. The Labute approximate surface area is 142 Å². The first-order valence-electron chi connectivity index (χ1n) is 6.59. The van der Waals surface area contributed by atoms with Gasteiger partial charge in [0.2, 0.25) is 5.91 Å². The monoisotopic (exact) mass is 380 g/mol. The molecular formula is C16H14BrClN2O2. The van der Waals surface area contributed by atoms with Gasteiger partial charge in [-0.15, -0.1) is 0 Å². The first kappa shape index (κ1) is 16.5. The maximum atomic E-state index is 11.9. The van der Waals surface area contributed by atoms with Crippen molar-refractivity contribution in [3.05, 3.63) is 69.2 Å². The van der Waals surface area contributed by atoms with E-state index in [0.29, 0.717) is 17.1 Å². The fraction of sp³-hybridized carbons (Fsp3) is 0.125. The molecule has 0 aliphatic rings. The summed E-state index contributed by atoms with van der Waals surface area (Å²) in [4.78, 5) is 23.6. The molecule has 2 aromatic rings. The van der Waals surface area contributed by atoms with Crippen molar-refractivity contribution >= 4 is 39.3 Å². The van der Waals surface area contributed by atoms with Crippen LogP contribution in [0.1, 0.15) is 15.9 Å². The van der Waals surface area contributed by atoms with Crippen molar-refractivity contribution in [2.75, 3.05) is 6.54 Å². The van der Waals surface area contributed by atoms with Crippen LogP contribution in [-0.2, 0) is 11.3 Å². The summed E-state index contributed by atoms with van der Waals surface area (Å²) in [6.07, 6.45) is 0. The summed E-state index contributed by atoms with van der Waals surface area (Å²) < 4.78 is 0.811. The minimum atomic E-state index is -0.292. The Morgan fingerprint density at radius 2 is 1.82 bits per heavy atom. The number of carbonyl (C=O) groups excluding carboxylic acids is 2. The second-order valence-electron chi connectivity index (χ2n) is 4.60. The highest BCUT2D eigenvalue weighted by Gasteiger charge is 2.08. The van der Waals surface area contributed by atoms with E-state index in [-0.39, 0.29) is 18.4 Å². The van der Waals surface area contributed by atoms with Crippen LogP contribution in [0.5, 0.6) is 0 Å². The van der Waals surface area contributed by atoms with Gasteiger partial charge in [0.15, 0.2) is 0 Å². The highest BCUT2D eigenvalue weighted by molar-refractivity contribution is 9.10. The fourth-order valence-corrected chi connectivity index (χ4v) is 2.41. The van der Waals surface area contributed by atoms with E-state index < -0.39 is 0 Å². The largest absolute Gasteiger partial charge is 0.350 e. The number of halogens is 2. The molecule has 4 nitrogen and oxygen atoms in total.